The van der Waals surface area contributed by atoms with Gasteiger partial charge < -0.3 is 14.8 Å². The number of hydrogen-bond donors (Lipinski definition) is 1. The molecule has 2 heterocycles. The summed E-state index contributed by atoms with van der Waals surface area (Å²) in [5.41, 5.74) is 1.46. The van der Waals surface area contributed by atoms with E-state index in [-0.39, 0.29) is 11.7 Å². The van der Waals surface area contributed by atoms with Crippen LogP contribution in [-0.4, -0.2) is 33.6 Å². The second-order valence-corrected chi connectivity index (χ2v) is 7.13. The Kier molecular flexibility index (Phi) is 4.19. The minimum Gasteiger partial charge on any atom is -0.329 e. The number of anilines is 1. The maximum absolute atomic E-state index is 13.7. The Labute approximate surface area is 146 Å². The zero-order valence-electron chi connectivity index (χ0n) is 14.4. The zero-order chi connectivity index (χ0) is 17.4. The summed E-state index contributed by atoms with van der Waals surface area (Å²) in [6, 6.07) is 6.65. The topological polar surface area (TPSA) is 50.2 Å². The van der Waals surface area contributed by atoms with Gasteiger partial charge in [-0.15, -0.1) is 0 Å². The number of halogens is 1. The van der Waals surface area contributed by atoms with Crippen molar-refractivity contribution in [3.05, 3.63) is 47.8 Å². The quantitative estimate of drug-likeness (QED) is 0.920. The lowest BCUT2D eigenvalue weighted by Gasteiger charge is -2.18. The molecular weight excluding hydrogens is 319 g/mol. The molecule has 1 aromatic carbocycles. The molecule has 25 heavy (non-hydrogen) atoms. The van der Waals surface area contributed by atoms with Gasteiger partial charge in [-0.3, -0.25) is 0 Å². The van der Waals surface area contributed by atoms with E-state index < -0.39 is 5.82 Å². The molecule has 5 nitrogen and oxygen atoms in total. The molecule has 1 aromatic heterocycles. The van der Waals surface area contributed by atoms with E-state index in [4.69, 9.17) is 0 Å². The summed E-state index contributed by atoms with van der Waals surface area (Å²) in [4.78, 5) is 18.7. The fourth-order valence-corrected chi connectivity index (χ4v) is 3.68. The van der Waals surface area contributed by atoms with Crippen LogP contribution in [0, 0.1) is 18.7 Å². The monoisotopic (exact) mass is 342 g/mol. The van der Waals surface area contributed by atoms with Crippen molar-refractivity contribution in [3.8, 4) is 0 Å². The van der Waals surface area contributed by atoms with Crippen LogP contribution in [0.5, 0.6) is 0 Å². The minimum atomic E-state index is -0.409. The van der Waals surface area contributed by atoms with E-state index in [0.29, 0.717) is 25.0 Å². The van der Waals surface area contributed by atoms with Gasteiger partial charge in [0, 0.05) is 37.4 Å². The predicted octanol–water partition coefficient (Wildman–Crippen LogP) is 3.76. The Morgan fingerprint density at radius 1 is 1.32 bits per heavy atom. The first kappa shape index (κ1) is 16.1. The summed E-state index contributed by atoms with van der Waals surface area (Å²) in [5, 5.41) is 2.67. The number of nitrogens with one attached hydrogen (secondary N) is 1. The van der Waals surface area contributed by atoms with Crippen LogP contribution in [0.15, 0.2) is 30.5 Å². The molecule has 0 radical (unpaired) electrons. The van der Waals surface area contributed by atoms with Crippen LogP contribution >= 0.6 is 0 Å². The standard InChI is InChI=1S/C19H23FN4O/c1-13-11-21-18(24(13)15-6-7-15)10-14-8-9-23(12-14)19(25)22-17-5-3-2-4-16(17)20/h2-5,11,14-15H,6-10,12H2,1H3,(H,22,25). The number of para-hydroxylation sites is 1. The molecule has 1 saturated carbocycles. The lowest BCUT2D eigenvalue weighted by atomic mass is 10.0. The summed E-state index contributed by atoms with van der Waals surface area (Å²) in [5.74, 6) is 1.14. The molecule has 1 saturated heterocycles. The molecule has 1 aliphatic carbocycles. The summed E-state index contributed by atoms with van der Waals surface area (Å²) in [7, 11) is 0. The van der Waals surface area contributed by atoms with Crippen LogP contribution in [0.2, 0.25) is 0 Å². The molecular formula is C19H23FN4O. The zero-order valence-corrected chi connectivity index (χ0v) is 14.4. The van der Waals surface area contributed by atoms with E-state index in [9.17, 15) is 9.18 Å². The minimum absolute atomic E-state index is 0.227. The van der Waals surface area contributed by atoms with Crippen LogP contribution in [0.25, 0.3) is 0 Å². The van der Waals surface area contributed by atoms with Gasteiger partial charge in [-0.05, 0) is 44.2 Å². The highest BCUT2D eigenvalue weighted by Gasteiger charge is 2.31. The van der Waals surface area contributed by atoms with Crippen molar-refractivity contribution < 1.29 is 9.18 Å². The highest BCUT2D eigenvalue weighted by Crippen LogP contribution is 2.37. The number of amides is 2. The number of imidazole rings is 1. The molecule has 4 rings (SSSR count). The Hall–Kier alpha value is -2.37. The molecule has 1 aliphatic heterocycles. The predicted molar refractivity (Wildman–Crippen MR) is 94.0 cm³/mol. The fourth-order valence-electron chi connectivity index (χ4n) is 3.68. The van der Waals surface area contributed by atoms with Crippen molar-refractivity contribution in [2.24, 2.45) is 5.92 Å². The number of hydrogen-bond acceptors (Lipinski definition) is 2. The number of urea groups is 1. The maximum atomic E-state index is 13.7. The van der Waals surface area contributed by atoms with Gasteiger partial charge in [-0.2, -0.15) is 0 Å². The highest BCUT2D eigenvalue weighted by molar-refractivity contribution is 5.89. The van der Waals surface area contributed by atoms with Gasteiger partial charge in [0.15, 0.2) is 0 Å². The number of aromatic nitrogens is 2. The van der Waals surface area contributed by atoms with Gasteiger partial charge >= 0.3 is 6.03 Å². The first-order valence-electron chi connectivity index (χ1n) is 8.95. The van der Waals surface area contributed by atoms with Crippen molar-refractivity contribution in [1.82, 2.24) is 14.5 Å². The molecule has 2 aromatic rings. The van der Waals surface area contributed by atoms with Gasteiger partial charge in [-0.25, -0.2) is 14.2 Å². The van der Waals surface area contributed by atoms with Crippen molar-refractivity contribution in [2.75, 3.05) is 18.4 Å². The van der Waals surface area contributed by atoms with Crippen LogP contribution in [0.1, 0.15) is 36.8 Å². The fraction of sp³-hybridized carbons (Fsp3) is 0.474. The van der Waals surface area contributed by atoms with Gasteiger partial charge in [0.1, 0.15) is 11.6 Å². The second-order valence-electron chi connectivity index (χ2n) is 7.13. The van der Waals surface area contributed by atoms with E-state index in [1.165, 1.54) is 24.6 Å². The number of nitrogens with zero attached hydrogens (tertiary/aromatic N) is 3. The first-order chi connectivity index (χ1) is 12.1. The van der Waals surface area contributed by atoms with Crippen molar-refractivity contribution in [3.63, 3.8) is 0 Å². The van der Waals surface area contributed by atoms with Crippen LogP contribution < -0.4 is 5.32 Å². The molecule has 132 valence electrons. The van der Waals surface area contributed by atoms with E-state index >= 15 is 0 Å². The molecule has 1 N–H and O–H groups in total. The van der Waals surface area contributed by atoms with Crippen molar-refractivity contribution in [2.45, 2.75) is 38.6 Å². The Balaban J connectivity index is 1.37. The Bertz CT molecular complexity index is 783. The van der Waals surface area contributed by atoms with Crippen molar-refractivity contribution >= 4 is 11.7 Å². The average molecular weight is 342 g/mol. The second kappa shape index (κ2) is 6.50. The molecule has 6 heteroatoms. The number of carbonyl (C=O) groups is 1. The maximum Gasteiger partial charge on any atom is 0.321 e. The lowest BCUT2D eigenvalue weighted by Crippen LogP contribution is -2.33. The number of aryl methyl sites for hydroxylation is 1. The molecule has 2 aliphatic rings. The van der Waals surface area contributed by atoms with Gasteiger partial charge in [-0.1, -0.05) is 12.1 Å². The number of rotatable bonds is 4. The molecule has 0 spiro atoms. The molecule has 1 atom stereocenters. The third-order valence-corrected chi connectivity index (χ3v) is 5.13. The van der Waals surface area contributed by atoms with E-state index in [2.05, 4.69) is 21.8 Å². The third kappa shape index (κ3) is 3.38. The molecule has 0 bridgehead atoms. The van der Waals surface area contributed by atoms with Crippen molar-refractivity contribution in [1.29, 1.82) is 0 Å². The molecule has 1 unspecified atom stereocenters. The normalized spacial score (nSPS) is 20.1. The summed E-state index contributed by atoms with van der Waals surface area (Å²) in [6.45, 7) is 3.50. The van der Waals surface area contributed by atoms with E-state index in [0.717, 1.165) is 18.7 Å². The summed E-state index contributed by atoms with van der Waals surface area (Å²) < 4.78 is 16.0. The van der Waals surface area contributed by atoms with Gasteiger partial charge in [0.05, 0.1) is 5.69 Å². The Morgan fingerprint density at radius 3 is 2.88 bits per heavy atom. The van der Waals surface area contributed by atoms with Gasteiger partial charge in [0.2, 0.25) is 0 Å². The van der Waals surface area contributed by atoms with E-state index in [1.54, 1.807) is 23.1 Å². The van der Waals surface area contributed by atoms with Crippen LogP contribution in [-0.2, 0) is 6.42 Å². The summed E-state index contributed by atoms with van der Waals surface area (Å²) >= 11 is 0. The first-order valence-corrected chi connectivity index (χ1v) is 8.95. The van der Waals surface area contributed by atoms with E-state index in [1.807, 2.05) is 6.20 Å². The SMILES string of the molecule is Cc1cnc(CC2CCN(C(=O)Nc3ccccc3F)C2)n1C1CC1. The third-order valence-electron chi connectivity index (χ3n) is 5.13. The number of likely N-dealkylation sites (tertiary alicyclic amines) is 1. The Morgan fingerprint density at radius 2 is 2.12 bits per heavy atom. The largest absolute Gasteiger partial charge is 0.329 e. The number of carbonyl (C=O) groups excluding carboxylic acids is 1. The smallest absolute Gasteiger partial charge is 0.321 e. The lowest BCUT2D eigenvalue weighted by molar-refractivity contribution is 0.220. The average Bonchev–Trinajstić information content (AvgIpc) is 3.20. The van der Waals surface area contributed by atoms with Crippen LogP contribution in [0.3, 0.4) is 0 Å². The molecule has 2 amide bonds. The number of benzene rings is 1. The van der Waals surface area contributed by atoms with Crippen LogP contribution in [0.4, 0.5) is 14.9 Å². The highest BCUT2D eigenvalue weighted by atomic mass is 19.1. The van der Waals surface area contributed by atoms with Gasteiger partial charge in [0.25, 0.3) is 0 Å². The molecule has 2 fully saturated rings. The summed E-state index contributed by atoms with van der Waals surface area (Å²) in [6.07, 6.45) is 6.29.